The van der Waals surface area contributed by atoms with Gasteiger partial charge >= 0.3 is 5.97 Å². The van der Waals surface area contributed by atoms with E-state index in [-0.39, 0.29) is 12.2 Å². The standard InChI is InChI=1S/C30H27BrClN3O4S/c1-6-39-29(37)26-17(3)33-30-35(27(26)19-7-12-24(38-5)23(31)14-19)28(36)25(40-30)15-20-13-16(2)34(18(20)4)22-10-8-21(32)9-11-22/h7-15,27H,6H2,1-5H3/b25-15+/t27-/m0/s1. The van der Waals surface area contributed by atoms with Gasteiger partial charge in [-0.05, 0) is 103 Å². The number of aromatic nitrogens is 2. The van der Waals surface area contributed by atoms with Crippen LogP contribution in [0, 0.1) is 13.8 Å². The minimum absolute atomic E-state index is 0.211. The second kappa shape index (κ2) is 11.2. The lowest BCUT2D eigenvalue weighted by molar-refractivity contribution is -0.139. The van der Waals surface area contributed by atoms with E-state index in [0.717, 1.165) is 28.2 Å². The molecule has 206 valence electrons. The molecule has 5 rings (SSSR count). The Morgan fingerprint density at radius 2 is 1.88 bits per heavy atom. The van der Waals surface area contributed by atoms with Gasteiger partial charge in [0, 0.05) is 22.1 Å². The number of hydrogen-bond acceptors (Lipinski definition) is 6. The maximum absolute atomic E-state index is 14.0. The summed E-state index contributed by atoms with van der Waals surface area (Å²) in [5, 5.41) is 0.670. The topological polar surface area (TPSA) is 74.8 Å². The van der Waals surface area contributed by atoms with Crippen molar-refractivity contribution >= 4 is 50.9 Å². The molecule has 4 aromatic rings. The molecule has 3 heterocycles. The van der Waals surface area contributed by atoms with Crippen molar-refractivity contribution in [2.45, 2.75) is 33.7 Å². The van der Waals surface area contributed by atoms with Gasteiger partial charge in [0.05, 0.1) is 40.0 Å². The lowest BCUT2D eigenvalue weighted by atomic mass is 9.96. The van der Waals surface area contributed by atoms with E-state index in [1.54, 1.807) is 31.6 Å². The van der Waals surface area contributed by atoms with Crippen LogP contribution in [0.5, 0.6) is 5.75 Å². The fraction of sp³-hybridized carbons (Fsp3) is 0.233. The zero-order chi connectivity index (χ0) is 28.7. The van der Waals surface area contributed by atoms with Gasteiger partial charge in [-0.1, -0.05) is 29.0 Å². The molecule has 1 aliphatic rings. The average Bonchev–Trinajstić information content (AvgIpc) is 3.37. The first-order chi connectivity index (χ1) is 19.1. The number of thiazole rings is 1. The van der Waals surface area contributed by atoms with E-state index in [0.29, 0.717) is 35.8 Å². The molecule has 0 N–H and O–H groups in total. The van der Waals surface area contributed by atoms with E-state index >= 15 is 0 Å². The molecule has 1 atom stereocenters. The van der Waals surface area contributed by atoms with Crippen LogP contribution in [0.1, 0.15) is 42.4 Å². The molecule has 40 heavy (non-hydrogen) atoms. The van der Waals surface area contributed by atoms with Crippen LogP contribution in [-0.2, 0) is 9.53 Å². The van der Waals surface area contributed by atoms with Gasteiger partial charge < -0.3 is 14.0 Å². The van der Waals surface area contributed by atoms with Gasteiger partial charge in [0.15, 0.2) is 4.80 Å². The van der Waals surface area contributed by atoms with Gasteiger partial charge in [-0.2, -0.15) is 0 Å². The Kier molecular flexibility index (Phi) is 7.90. The molecule has 0 saturated heterocycles. The first-order valence-corrected chi connectivity index (χ1v) is 14.6. The summed E-state index contributed by atoms with van der Waals surface area (Å²) in [6.07, 6.45) is 1.89. The highest BCUT2D eigenvalue weighted by Gasteiger charge is 2.33. The number of benzene rings is 2. The summed E-state index contributed by atoms with van der Waals surface area (Å²) in [6.45, 7) is 7.78. The van der Waals surface area contributed by atoms with Gasteiger partial charge in [0.25, 0.3) is 5.56 Å². The first-order valence-electron chi connectivity index (χ1n) is 12.6. The van der Waals surface area contributed by atoms with E-state index in [1.165, 1.54) is 11.3 Å². The number of ether oxygens (including phenoxy) is 2. The van der Waals surface area contributed by atoms with Crippen LogP contribution in [0.3, 0.4) is 0 Å². The third kappa shape index (κ3) is 4.98. The number of allylic oxidation sites excluding steroid dienone is 1. The van der Waals surface area contributed by atoms with Crippen LogP contribution in [-0.4, -0.2) is 28.8 Å². The normalized spacial score (nSPS) is 15.2. The van der Waals surface area contributed by atoms with Crippen molar-refractivity contribution in [2.75, 3.05) is 13.7 Å². The lowest BCUT2D eigenvalue weighted by Crippen LogP contribution is -2.40. The molecule has 0 bridgehead atoms. The third-order valence-electron chi connectivity index (χ3n) is 6.85. The summed E-state index contributed by atoms with van der Waals surface area (Å²) < 4.78 is 15.7. The smallest absolute Gasteiger partial charge is 0.338 e. The van der Waals surface area contributed by atoms with Crippen LogP contribution in [0.4, 0.5) is 0 Å². The third-order valence-corrected chi connectivity index (χ3v) is 8.70. The second-order valence-electron chi connectivity index (χ2n) is 9.33. The molecule has 10 heteroatoms. The fourth-order valence-corrected chi connectivity index (χ4v) is 6.74. The molecular weight excluding hydrogens is 614 g/mol. The van der Waals surface area contributed by atoms with Crippen molar-refractivity contribution in [1.82, 2.24) is 9.13 Å². The van der Waals surface area contributed by atoms with Crippen LogP contribution >= 0.6 is 38.9 Å². The Morgan fingerprint density at radius 3 is 2.52 bits per heavy atom. The van der Waals surface area contributed by atoms with Crippen molar-refractivity contribution in [3.05, 3.63) is 111 Å². The van der Waals surface area contributed by atoms with Gasteiger partial charge in [-0.3, -0.25) is 9.36 Å². The first kappa shape index (κ1) is 28.1. The molecule has 0 saturated carbocycles. The number of nitrogens with zero attached hydrogens (tertiary/aromatic N) is 3. The molecular formula is C30H27BrClN3O4S. The summed E-state index contributed by atoms with van der Waals surface area (Å²) in [6, 6.07) is 14.5. The minimum atomic E-state index is -0.707. The van der Waals surface area contributed by atoms with Crippen LogP contribution in [0.25, 0.3) is 11.8 Å². The molecule has 0 radical (unpaired) electrons. The number of rotatable bonds is 6. The predicted octanol–water partition coefficient (Wildman–Crippen LogP) is 5.63. The second-order valence-corrected chi connectivity index (χ2v) is 11.6. The summed E-state index contributed by atoms with van der Waals surface area (Å²) in [4.78, 5) is 32.3. The monoisotopic (exact) mass is 639 g/mol. The highest BCUT2D eigenvalue weighted by atomic mass is 79.9. The number of aryl methyl sites for hydroxylation is 1. The van der Waals surface area contributed by atoms with Crippen LogP contribution < -0.4 is 19.6 Å². The van der Waals surface area contributed by atoms with E-state index in [4.69, 9.17) is 21.1 Å². The van der Waals surface area contributed by atoms with Gasteiger partial charge in [0.2, 0.25) is 0 Å². The summed E-state index contributed by atoms with van der Waals surface area (Å²) >= 11 is 10.9. The number of halogens is 2. The summed E-state index contributed by atoms with van der Waals surface area (Å²) in [7, 11) is 1.58. The Labute approximate surface area is 248 Å². The summed E-state index contributed by atoms with van der Waals surface area (Å²) in [5.41, 5.74) is 5.28. The van der Waals surface area contributed by atoms with Crippen molar-refractivity contribution in [3.8, 4) is 11.4 Å². The molecule has 2 aromatic heterocycles. The number of carbonyl (C=O) groups excluding carboxylic acids is 1. The molecule has 0 amide bonds. The molecule has 0 unspecified atom stereocenters. The SMILES string of the molecule is CCOC(=O)C1=C(C)N=c2s/c(=C/c3cc(C)n(-c4ccc(Cl)cc4)c3C)c(=O)n2[C@H]1c1ccc(OC)c(Br)c1. The predicted molar refractivity (Wildman–Crippen MR) is 161 cm³/mol. The number of fused-ring (bicyclic) bond motifs is 1. The quantitative estimate of drug-likeness (QED) is 0.256. The van der Waals surface area contributed by atoms with Gasteiger partial charge in [0.1, 0.15) is 5.75 Å². The van der Waals surface area contributed by atoms with Crippen LogP contribution in [0.15, 0.2) is 74.1 Å². The zero-order valence-electron chi connectivity index (χ0n) is 22.6. The Bertz CT molecular complexity index is 1850. The van der Waals surface area contributed by atoms with Crippen molar-refractivity contribution < 1.29 is 14.3 Å². The van der Waals surface area contributed by atoms with E-state index in [9.17, 15) is 9.59 Å². The number of methoxy groups -OCH3 is 1. The van der Waals surface area contributed by atoms with Crippen LogP contribution in [0.2, 0.25) is 5.02 Å². The maximum Gasteiger partial charge on any atom is 0.338 e. The number of hydrogen-bond donors (Lipinski definition) is 0. The van der Waals surface area contributed by atoms with E-state index < -0.39 is 12.0 Å². The van der Waals surface area contributed by atoms with Gasteiger partial charge in [-0.25, -0.2) is 9.79 Å². The molecule has 0 fully saturated rings. The van der Waals surface area contributed by atoms with E-state index in [1.807, 2.05) is 56.3 Å². The highest BCUT2D eigenvalue weighted by molar-refractivity contribution is 9.10. The Balaban J connectivity index is 1.70. The highest BCUT2D eigenvalue weighted by Crippen LogP contribution is 2.35. The van der Waals surface area contributed by atoms with Crippen molar-refractivity contribution in [2.24, 2.45) is 4.99 Å². The average molecular weight is 641 g/mol. The number of carbonyl (C=O) groups is 1. The zero-order valence-corrected chi connectivity index (χ0v) is 25.8. The molecule has 0 spiro atoms. The Morgan fingerprint density at radius 1 is 1.15 bits per heavy atom. The fourth-order valence-electron chi connectivity index (χ4n) is 5.02. The van der Waals surface area contributed by atoms with Gasteiger partial charge in [-0.15, -0.1) is 0 Å². The maximum atomic E-state index is 14.0. The minimum Gasteiger partial charge on any atom is -0.496 e. The molecule has 2 aromatic carbocycles. The Hall–Kier alpha value is -3.40. The van der Waals surface area contributed by atoms with Crippen molar-refractivity contribution in [1.29, 1.82) is 0 Å². The molecule has 1 aliphatic heterocycles. The molecule has 7 nitrogen and oxygen atoms in total. The lowest BCUT2D eigenvalue weighted by Gasteiger charge is -2.25. The summed E-state index contributed by atoms with van der Waals surface area (Å²) in [5.74, 6) is 0.145. The van der Waals surface area contributed by atoms with E-state index in [2.05, 4.69) is 31.6 Å². The van der Waals surface area contributed by atoms with Crippen molar-refractivity contribution in [3.63, 3.8) is 0 Å². The molecule has 0 aliphatic carbocycles. The number of esters is 1. The largest absolute Gasteiger partial charge is 0.496 e.